The van der Waals surface area contributed by atoms with Gasteiger partial charge in [0.1, 0.15) is 0 Å². The zero-order valence-corrected chi connectivity index (χ0v) is 7.53. The number of amidine groups is 1. The number of aliphatic imine (C=N–C) groups is 1. The Hall–Kier alpha value is -0.530. The third-order valence-electron chi connectivity index (χ3n) is 4.05. The molecule has 2 nitrogen and oxygen atoms in total. The summed E-state index contributed by atoms with van der Waals surface area (Å²) < 4.78 is 0. The molecule has 4 atom stereocenters. The number of nitrogens with two attached hydrogens (primary N) is 1. The van der Waals surface area contributed by atoms with Crippen molar-refractivity contribution >= 4 is 5.84 Å². The topological polar surface area (TPSA) is 38.4 Å². The van der Waals surface area contributed by atoms with Crippen molar-refractivity contribution in [2.75, 3.05) is 0 Å². The van der Waals surface area contributed by atoms with Gasteiger partial charge in [0.25, 0.3) is 0 Å². The molecule has 0 saturated heterocycles. The number of rotatable bonds is 1. The molecule has 0 spiro atoms. The Kier molecular flexibility index (Phi) is 1.18. The van der Waals surface area contributed by atoms with Crippen molar-refractivity contribution in [3.63, 3.8) is 0 Å². The molecule has 3 saturated carbocycles. The minimum Gasteiger partial charge on any atom is -0.388 e. The summed E-state index contributed by atoms with van der Waals surface area (Å²) in [6.45, 7) is 1.91. The van der Waals surface area contributed by atoms with E-state index in [1.165, 1.54) is 19.3 Å². The summed E-state index contributed by atoms with van der Waals surface area (Å²) in [5.74, 6) is 4.72. The third-order valence-corrected chi connectivity index (χ3v) is 4.05. The number of hydrogen-bond acceptors (Lipinski definition) is 1. The van der Waals surface area contributed by atoms with Crippen molar-refractivity contribution in [2.24, 2.45) is 34.4 Å². The highest BCUT2D eigenvalue weighted by atomic mass is 15.0. The van der Waals surface area contributed by atoms with E-state index in [2.05, 4.69) is 4.99 Å². The van der Waals surface area contributed by atoms with Gasteiger partial charge in [-0.3, -0.25) is 4.99 Å². The van der Waals surface area contributed by atoms with Crippen LogP contribution >= 0.6 is 0 Å². The summed E-state index contributed by atoms with van der Waals surface area (Å²) in [5, 5.41) is 0. The Balaban J connectivity index is 1.79. The van der Waals surface area contributed by atoms with Crippen LogP contribution in [0.4, 0.5) is 0 Å². The van der Waals surface area contributed by atoms with E-state index >= 15 is 0 Å². The molecule has 0 aromatic heterocycles. The maximum Gasteiger partial charge on any atom is 0.0909 e. The van der Waals surface area contributed by atoms with Crippen molar-refractivity contribution in [2.45, 2.75) is 32.2 Å². The number of nitrogens with zero attached hydrogens (tertiary/aromatic N) is 1. The van der Waals surface area contributed by atoms with Crippen LogP contribution in [0.15, 0.2) is 4.99 Å². The van der Waals surface area contributed by atoms with Crippen LogP contribution in [0.2, 0.25) is 0 Å². The van der Waals surface area contributed by atoms with Crippen LogP contribution in [0.5, 0.6) is 0 Å². The minimum atomic E-state index is 0.640. The summed E-state index contributed by atoms with van der Waals surface area (Å²) in [4.78, 5) is 4.51. The molecule has 2 bridgehead atoms. The Bertz CT molecular complexity index is 226. The van der Waals surface area contributed by atoms with E-state index in [4.69, 9.17) is 5.73 Å². The van der Waals surface area contributed by atoms with Gasteiger partial charge in [0.15, 0.2) is 0 Å². The zero-order valence-electron chi connectivity index (χ0n) is 7.53. The van der Waals surface area contributed by atoms with Crippen molar-refractivity contribution in [3.8, 4) is 0 Å². The van der Waals surface area contributed by atoms with Gasteiger partial charge in [-0.1, -0.05) is 0 Å². The van der Waals surface area contributed by atoms with Gasteiger partial charge in [-0.25, -0.2) is 0 Å². The lowest BCUT2D eigenvalue weighted by atomic mass is 10.0. The first-order valence-corrected chi connectivity index (χ1v) is 5.07. The Morgan fingerprint density at radius 2 is 1.83 bits per heavy atom. The summed E-state index contributed by atoms with van der Waals surface area (Å²) in [6.07, 6.45) is 4.45. The second-order valence-electron chi connectivity index (χ2n) is 4.75. The average Bonchev–Trinajstić information content (AvgIpc) is 2.43. The molecule has 3 fully saturated rings. The van der Waals surface area contributed by atoms with Crippen molar-refractivity contribution < 1.29 is 0 Å². The van der Waals surface area contributed by atoms with Crippen LogP contribution in [-0.4, -0.2) is 11.9 Å². The number of hydrogen-bond donors (Lipinski definition) is 1. The summed E-state index contributed by atoms with van der Waals surface area (Å²) in [7, 11) is 0. The Morgan fingerprint density at radius 3 is 2.33 bits per heavy atom. The fourth-order valence-corrected chi connectivity index (χ4v) is 3.69. The minimum absolute atomic E-state index is 0.640. The smallest absolute Gasteiger partial charge is 0.0909 e. The molecule has 4 unspecified atom stereocenters. The van der Waals surface area contributed by atoms with Crippen LogP contribution in [0.25, 0.3) is 0 Å². The van der Waals surface area contributed by atoms with E-state index in [1.54, 1.807) is 0 Å². The molecule has 3 rings (SSSR count). The van der Waals surface area contributed by atoms with Gasteiger partial charge in [-0.05, 0) is 49.9 Å². The average molecular weight is 164 g/mol. The largest absolute Gasteiger partial charge is 0.388 e. The van der Waals surface area contributed by atoms with Gasteiger partial charge in [-0.2, -0.15) is 0 Å². The van der Waals surface area contributed by atoms with Crippen LogP contribution in [0.3, 0.4) is 0 Å². The summed E-state index contributed by atoms with van der Waals surface area (Å²) in [6, 6.07) is 0.640. The lowest BCUT2D eigenvalue weighted by molar-refractivity contribution is 0.456. The highest BCUT2D eigenvalue weighted by molar-refractivity contribution is 5.77. The maximum absolute atomic E-state index is 5.60. The molecule has 0 aliphatic heterocycles. The van der Waals surface area contributed by atoms with Gasteiger partial charge in [-0.15, -0.1) is 0 Å². The quantitative estimate of drug-likeness (QED) is 0.462. The van der Waals surface area contributed by atoms with E-state index in [9.17, 15) is 0 Å². The molecule has 2 heteroatoms. The first-order valence-electron chi connectivity index (χ1n) is 5.07. The second kappa shape index (κ2) is 2.04. The highest BCUT2D eigenvalue weighted by Gasteiger charge is 2.65. The van der Waals surface area contributed by atoms with Crippen LogP contribution in [0, 0.1) is 23.7 Å². The lowest BCUT2D eigenvalue weighted by Gasteiger charge is -2.04. The van der Waals surface area contributed by atoms with Gasteiger partial charge in [0, 0.05) is 0 Å². The molecule has 0 aromatic rings. The first-order chi connectivity index (χ1) is 5.77. The number of fused-ring (bicyclic) bond motifs is 5. The maximum atomic E-state index is 5.60. The predicted octanol–water partition coefficient (Wildman–Crippen LogP) is 1.41. The SMILES string of the molecule is CC(N)=NC1C2C3CCC(C3)C12. The van der Waals surface area contributed by atoms with Gasteiger partial charge >= 0.3 is 0 Å². The van der Waals surface area contributed by atoms with Crippen molar-refractivity contribution in [1.82, 2.24) is 0 Å². The van der Waals surface area contributed by atoms with Crippen LogP contribution in [-0.2, 0) is 0 Å². The standard InChI is InChI=1S/C10H16N2/c1-5(11)12-10-8-6-2-3-7(4-6)9(8)10/h6-10H,2-4H2,1H3,(H2,11,12). The molecular formula is C10H16N2. The predicted molar refractivity (Wildman–Crippen MR) is 48.9 cm³/mol. The molecule has 3 aliphatic carbocycles. The fraction of sp³-hybridized carbons (Fsp3) is 0.900. The van der Waals surface area contributed by atoms with E-state index in [0.717, 1.165) is 29.5 Å². The molecule has 3 aliphatic rings. The van der Waals surface area contributed by atoms with Crippen LogP contribution < -0.4 is 5.73 Å². The fourth-order valence-electron chi connectivity index (χ4n) is 3.69. The molecule has 66 valence electrons. The van der Waals surface area contributed by atoms with Gasteiger partial charge in [0.05, 0.1) is 11.9 Å². The van der Waals surface area contributed by atoms with Crippen molar-refractivity contribution in [3.05, 3.63) is 0 Å². The molecule has 2 N–H and O–H groups in total. The molecule has 0 amide bonds. The molecule has 0 aromatic carbocycles. The molecule has 0 radical (unpaired) electrons. The molecule has 12 heavy (non-hydrogen) atoms. The van der Waals surface area contributed by atoms with E-state index in [-0.39, 0.29) is 0 Å². The lowest BCUT2D eigenvalue weighted by Crippen LogP contribution is -2.09. The van der Waals surface area contributed by atoms with Gasteiger partial charge < -0.3 is 5.73 Å². The molecule has 0 heterocycles. The monoisotopic (exact) mass is 164 g/mol. The van der Waals surface area contributed by atoms with Gasteiger partial charge in [0.2, 0.25) is 0 Å². The van der Waals surface area contributed by atoms with E-state index in [0.29, 0.717) is 6.04 Å². The first kappa shape index (κ1) is 6.93. The van der Waals surface area contributed by atoms with Crippen LogP contribution in [0.1, 0.15) is 26.2 Å². The molecular weight excluding hydrogens is 148 g/mol. The summed E-state index contributed by atoms with van der Waals surface area (Å²) >= 11 is 0. The van der Waals surface area contributed by atoms with E-state index in [1.807, 2.05) is 6.92 Å². The van der Waals surface area contributed by atoms with Crippen molar-refractivity contribution in [1.29, 1.82) is 0 Å². The highest BCUT2D eigenvalue weighted by Crippen LogP contribution is 2.66. The zero-order chi connectivity index (χ0) is 8.29. The Labute approximate surface area is 73.2 Å². The summed E-state index contributed by atoms with van der Waals surface area (Å²) in [5.41, 5.74) is 5.60. The third kappa shape index (κ3) is 0.732. The normalized spacial score (nSPS) is 55.8. The second-order valence-corrected chi connectivity index (χ2v) is 4.75. The Morgan fingerprint density at radius 1 is 1.25 bits per heavy atom. The van der Waals surface area contributed by atoms with E-state index < -0.39 is 0 Å².